The molecule has 0 amide bonds. The lowest BCUT2D eigenvalue weighted by molar-refractivity contribution is 0.750. The van der Waals surface area contributed by atoms with Crippen molar-refractivity contribution in [3.05, 3.63) is 29.8 Å². The number of hydrogen-bond acceptors (Lipinski definition) is 1. The molecule has 1 aliphatic rings. The number of fused-ring (bicyclic) bond motifs is 1. The molecule has 1 heteroatoms. The first-order valence-electron chi connectivity index (χ1n) is 4.40. The van der Waals surface area contributed by atoms with Crippen molar-refractivity contribution >= 4 is 11.4 Å². The minimum atomic E-state index is 0.611. The van der Waals surface area contributed by atoms with Gasteiger partial charge in [-0.05, 0) is 30.9 Å². The molecule has 1 atom stereocenters. The topological polar surface area (TPSA) is 12.4 Å². The van der Waals surface area contributed by atoms with Crippen molar-refractivity contribution in [1.29, 1.82) is 0 Å². The molecule has 0 fully saturated rings. The van der Waals surface area contributed by atoms with Gasteiger partial charge in [0.05, 0.1) is 5.69 Å². The van der Waals surface area contributed by atoms with Gasteiger partial charge in [0.1, 0.15) is 0 Å². The normalized spacial score (nSPS) is 21.5. The molecule has 0 aliphatic carbocycles. The van der Waals surface area contributed by atoms with Crippen LogP contribution >= 0.6 is 0 Å². The van der Waals surface area contributed by atoms with Crippen LogP contribution in [-0.4, -0.2) is 5.71 Å². The van der Waals surface area contributed by atoms with E-state index in [2.05, 4.69) is 37.0 Å². The number of rotatable bonds is 0. The Balaban J connectivity index is 2.49. The molecule has 1 aromatic carbocycles. The smallest absolute Gasteiger partial charge is 0.0661 e. The van der Waals surface area contributed by atoms with Gasteiger partial charge in [0.2, 0.25) is 0 Å². The maximum atomic E-state index is 4.54. The Kier molecular flexibility index (Phi) is 1.72. The fraction of sp³-hybridized carbons (Fsp3) is 0.364. The molecule has 1 heterocycles. The average Bonchev–Trinajstić information content (AvgIpc) is 2.07. The molecule has 0 aromatic heterocycles. The van der Waals surface area contributed by atoms with Gasteiger partial charge in [-0.15, -0.1) is 0 Å². The van der Waals surface area contributed by atoms with Crippen LogP contribution in [0.3, 0.4) is 0 Å². The highest BCUT2D eigenvalue weighted by Crippen LogP contribution is 2.27. The third-order valence-corrected chi connectivity index (χ3v) is 2.53. The molecule has 0 N–H and O–H groups in total. The van der Waals surface area contributed by atoms with Gasteiger partial charge in [0.15, 0.2) is 0 Å². The highest BCUT2D eigenvalue weighted by molar-refractivity contribution is 5.88. The molecular formula is C11H13N. The Bertz CT molecular complexity index is 326. The Morgan fingerprint density at radius 2 is 2.08 bits per heavy atom. The van der Waals surface area contributed by atoms with Crippen LogP contribution < -0.4 is 0 Å². The van der Waals surface area contributed by atoms with Gasteiger partial charge in [0.25, 0.3) is 0 Å². The predicted octanol–water partition coefficient (Wildman–Crippen LogP) is 2.97. The first kappa shape index (κ1) is 7.53. The van der Waals surface area contributed by atoms with Gasteiger partial charge in [-0.25, -0.2) is 0 Å². The lowest BCUT2D eigenvalue weighted by Gasteiger charge is -2.18. The van der Waals surface area contributed by atoms with Gasteiger partial charge in [-0.3, -0.25) is 4.99 Å². The third kappa shape index (κ3) is 1.15. The molecule has 0 bridgehead atoms. The summed E-state index contributed by atoms with van der Waals surface area (Å²) in [4.78, 5) is 4.54. The third-order valence-electron chi connectivity index (χ3n) is 2.53. The van der Waals surface area contributed by atoms with E-state index in [4.69, 9.17) is 0 Å². The SMILES string of the molecule is CC1=Nc2ccccc2CC1C. The second kappa shape index (κ2) is 2.74. The Hall–Kier alpha value is -1.11. The minimum Gasteiger partial charge on any atom is -0.258 e. The summed E-state index contributed by atoms with van der Waals surface area (Å²) in [6.45, 7) is 4.34. The van der Waals surface area contributed by atoms with Crippen LogP contribution in [0.15, 0.2) is 29.3 Å². The largest absolute Gasteiger partial charge is 0.258 e. The van der Waals surface area contributed by atoms with Crippen LogP contribution in [0, 0.1) is 5.92 Å². The molecule has 1 aromatic rings. The molecule has 0 saturated carbocycles. The molecule has 1 aliphatic heterocycles. The summed E-state index contributed by atoms with van der Waals surface area (Å²) in [6.07, 6.45) is 1.14. The van der Waals surface area contributed by atoms with Crippen LogP contribution in [0.2, 0.25) is 0 Å². The second-order valence-corrected chi connectivity index (χ2v) is 3.49. The van der Waals surface area contributed by atoms with E-state index in [9.17, 15) is 0 Å². The summed E-state index contributed by atoms with van der Waals surface area (Å²) < 4.78 is 0. The van der Waals surface area contributed by atoms with Gasteiger partial charge in [-0.1, -0.05) is 25.1 Å². The monoisotopic (exact) mass is 159 g/mol. The molecule has 62 valence electrons. The van der Waals surface area contributed by atoms with Crippen LogP contribution in [0.1, 0.15) is 19.4 Å². The van der Waals surface area contributed by atoms with E-state index < -0.39 is 0 Å². The fourth-order valence-corrected chi connectivity index (χ4v) is 1.57. The van der Waals surface area contributed by atoms with E-state index in [0.717, 1.165) is 12.1 Å². The van der Waals surface area contributed by atoms with Gasteiger partial charge >= 0.3 is 0 Å². The summed E-state index contributed by atoms with van der Waals surface area (Å²) in [6, 6.07) is 8.39. The summed E-state index contributed by atoms with van der Waals surface area (Å²) in [5.41, 5.74) is 3.80. The molecule has 0 radical (unpaired) electrons. The van der Waals surface area contributed by atoms with Crippen molar-refractivity contribution in [3.8, 4) is 0 Å². The summed E-state index contributed by atoms with van der Waals surface area (Å²) in [5, 5.41) is 0. The lowest BCUT2D eigenvalue weighted by Crippen LogP contribution is -2.13. The van der Waals surface area contributed by atoms with Crippen LogP contribution in [-0.2, 0) is 6.42 Å². The Morgan fingerprint density at radius 3 is 2.92 bits per heavy atom. The Morgan fingerprint density at radius 1 is 1.33 bits per heavy atom. The number of nitrogens with zero attached hydrogens (tertiary/aromatic N) is 1. The van der Waals surface area contributed by atoms with E-state index in [1.54, 1.807) is 0 Å². The lowest BCUT2D eigenvalue weighted by atomic mass is 9.93. The zero-order valence-electron chi connectivity index (χ0n) is 7.54. The second-order valence-electron chi connectivity index (χ2n) is 3.49. The average molecular weight is 159 g/mol. The molecule has 12 heavy (non-hydrogen) atoms. The van der Waals surface area contributed by atoms with E-state index in [-0.39, 0.29) is 0 Å². The predicted molar refractivity (Wildman–Crippen MR) is 52.1 cm³/mol. The van der Waals surface area contributed by atoms with Crippen LogP contribution in [0.25, 0.3) is 0 Å². The van der Waals surface area contributed by atoms with Crippen molar-refractivity contribution in [2.24, 2.45) is 10.9 Å². The summed E-state index contributed by atoms with van der Waals surface area (Å²) in [5.74, 6) is 0.611. The Labute approximate surface area is 73.1 Å². The van der Waals surface area contributed by atoms with Gasteiger partial charge < -0.3 is 0 Å². The van der Waals surface area contributed by atoms with E-state index >= 15 is 0 Å². The van der Waals surface area contributed by atoms with Crippen LogP contribution in [0.4, 0.5) is 5.69 Å². The van der Waals surface area contributed by atoms with E-state index in [1.165, 1.54) is 11.3 Å². The molecule has 0 saturated heterocycles. The van der Waals surface area contributed by atoms with E-state index in [0.29, 0.717) is 5.92 Å². The quantitative estimate of drug-likeness (QED) is 0.552. The number of para-hydroxylation sites is 1. The number of aliphatic imine (C=N–C) groups is 1. The molecule has 1 nitrogen and oxygen atoms in total. The summed E-state index contributed by atoms with van der Waals surface area (Å²) in [7, 11) is 0. The zero-order valence-corrected chi connectivity index (χ0v) is 7.54. The van der Waals surface area contributed by atoms with Gasteiger partial charge in [0, 0.05) is 5.71 Å². The van der Waals surface area contributed by atoms with Gasteiger partial charge in [-0.2, -0.15) is 0 Å². The van der Waals surface area contributed by atoms with Crippen LogP contribution in [0.5, 0.6) is 0 Å². The number of hydrogen-bond donors (Lipinski definition) is 0. The molecule has 0 spiro atoms. The van der Waals surface area contributed by atoms with Crippen molar-refractivity contribution in [3.63, 3.8) is 0 Å². The minimum absolute atomic E-state index is 0.611. The number of benzene rings is 1. The standard InChI is InChI=1S/C11H13N/c1-8-7-10-5-3-4-6-11(10)12-9(8)2/h3-6,8H,7H2,1-2H3. The van der Waals surface area contributed by atoms with Crippen molar-refractivity contribution in [1.82, 2.24) is 0 Å². The first-order chi connectivity index (χ1) is 5.77. The van der Waals surface area contributed by atoms with Crippen molar-refractivity contribution in [2.45, 2.75) is 20.3 Å². The molecule has 1 unspecified atom stereocenters. The fourth-order valence-electron chi connectivity index (χ4n) is 1.57. The first-order valence-corrected chi connectivity index (χ1v) is 4.40. The molecule has 2 rings (SSSR count). The highest BCUT2D eigenvalue weighted by Gasteiger charge is 2.14. The van der Waals surface area contributed by atoms with Crippen molar-refractivity contribution in [2.75, 3.05) is 0 Å². The molecular weight excluding hydrogens is 146 g/mol. The zero-order chi connectivity index (χ0) is 8.55. The highest BCUT2D eigenvalue weighted by atomic mass is 14.8. The van der Waals surface area contributed by atoms with E-state index in [1.807, 2.05) is 6.07 Å². The maximum absolute atomic E-state index is 4.54. The summed E-state index contributed by atoms with van der Waals surface area (Å²) >= 11 is 0. The maximum Gasteiger partial charge on any atom is 0.0661 e. The van der Waals surface area contributed by atoms with Crippen molar-refractivity contribution < 1.29 is 0 Å².